The lowest BCUT2D eigenvalue weighted by Gasteiger charge is -2.34. The molecule has 5 fully saturated rings. The molecule has 9 unspecified atom stereocenters. The lowest BCUT2D eigenvalue weighted by atomic mass is 9.74. The minimum atomic E-state index is -1.27. The summed E-state index contributed by atoms with van der Waals surface area (Å²) in [7, 11) is 0. The molecule has 7 heteroatoms. The number of allylic oxidation sites excluding steroid dienone is 1. The highest BCUT2D eigenvalue weighted by atomic mass is 16.7. The SMILES string of the molecule is CC=C(C)C(=O)OC1CC(C)(O)C23OC2CC2(C)OC23C2OC(=O)C(C)C12. The van der Waals surface area contributed by atoms with Crippen LogP contribution in [0.1, 0.15) is 47.5 Å². The first-order chi connectivity index (χ1) is 12.5. The lowest BCUT2D eigenvalue weighted by molar-refractivity contribution is -0.153. The number of epoxide rings is 2. The number of rotatable bonds is 2. The number of hydrogen-bond acceptors (Lipinski definition) is 7. The minimum absolute atomic E-state index is 0.131. The van der Waals surface area contributed by atoms with E-state index in [-0.39, 0.29) is 24.4 Å². The molecule has 0 aromatic carbocycles. The van der Waals surface area contributed by atoms with Crippen LogP contribution in [-0.2, 0) is 28.5 Å². The maximum absolute atomic E-state index is 12.5. The minimum Gasteiger partial charge on any atom is -0.458 e. The van der Waals surface area contributed by atoms with Gasteiger partial charge in [0, 0.05) is 24.3 Å². The van der Waals surface area contributed by atoms with Crippen LogP contribution in [0.25, 0.3) is 0 Å². The van der Waals surface area contributed by atoms with Crippen LogP contribution in [0.5, 0.6) is 0 Å². The maximum atomic E-state index is 12.5. The zero-order valence-electron chi connectivity index (χ0n) is 16.3. The Balaban J connectivity index is 1.60. The molecule has 2 spiro atoms. The van der Waals surface area contributed by atoms with E-state index in [0.29, 0.717) is 12.0 Å². The Bertz CT molecular complexity index is 787. The van der Waals surface area contributed by atoms with E-state index in [0.717, 1.165) is 0 Å². The van der Waals surface area contributed by atoms with Crippen molar-refractivity contribution in [3.8, 4) is 0 Å². The molecule has 148 valence electrons. The van der Waals surface area contributed by atoms with Gasteiger partial charge in [-0.1, -0.05) is 13.0 Å². The average molecular weight is 378 g/mol. The molecule has 2 aliphatic carbocycles. The Labute approximate surface area is 158 Å². The lowest BCUT2D eigenvalue weighted by Crippen LogP contribution is -2.57. The quantitative estimate of drug-likeness (QED) is 0.439. The number of aliphatic hydroxyl groups is 1. The first-order valence-corrected chi connectivity index (χ1v) is 9.69. The summed E-state index contributed by atoms with van der Waals surface area (Å²) < 4.78 is 23.9. The second kappa shape index (κ2) is 4.75. The van der Waals surface area contributed by atoms with Gasteiger partial charge < -0.3 is 24.1 Å². The molecule has 27 heavy (non-hydrogen) atoms. The fourth-order valence-corrected chi connectivity index (χ4v) is 6.24. The molecule has 3 heterocycles. The molecule has 7 nitrogen and oxygen atoms in total. The van der Waals surface area contributed by atoms with Crippen LogP contribution in [0.15, 0.2) is 11.6 Å². The van der Waals surface area contributed by atoms with E-state index >= 15 is 0 Å². The molecule has 5 aliphatic rings. The molecule has 3 saturated heterocycles. The van der Waals surface area contributed by atoms with E-state index in [4.69, 9.17) is 18.9 Å². The fraction of sp³-hybridized carbons (Fsp3) is 0.800. The number of esters is 2. The van der Waals surface area contributed by atoms with Crippen molar-refractivity contribution in [2.45, 2.75) is 88.2 Å². The second-order valence-electron chi connectivity index (χ2n) is 9.23. The van der Waals surface area contributed by atoms with Crippen molar-refractivity contribution in [1.29, 1.82) is 0 Å². The number of carbonyl (C=O) groups is 2. The van der Waals surface area contributed by atoms with Crippen LogP contribution in [0, 0.1) is 11.8 Å². The van der Waals surface area contributed by atoms with Crippen molar-refractivity contribution in [2.24, 2.45) is 11.8 Å². The van der Waals surface area contributed by atoms with Gasteiger partial charge in [0.05, 0.1) is 12.0 Å². The first-order valence-electron chi connectivity index (χ1n) is 9.69. The largest absolute Gasteiger partial charge is 0.458 e. The standard InChI is InChI=1S/C20H26O7/c1-6-9(2)15(21)24-11-7-17(4,23)19-12(26-19)8-18(5)20(19,27-18)14-13(11)10(3)16(22)25-14/h6,10-14,23H,7-8H2,1-5H3. The molecular weight excluding hydrogens is 352 g/mol. The molecule has 5 rings (SSSR count). The summed E-state index contributed by atoms with van der Waals surface area (Å²) in [5, 5.41) is 11.5. The Morgan fingerprint density at radius 1 is 1.30 bits per heavy atom. The van der Waals surface area contributed by atoms with E-state index in [1.807, 2.05) is 6.92 Å². The van der Waals surface area contributed by atoms with Crippen molar-refractivity contribution in [3.05, 3.63) is 11.6 Å². The third kappa shape index (κ3) is 1.75. The van der Waals surface area contributed by atoms with Gasteiger partial charge in [0.2, 0.25) is 0 Å². The number of ether oxygens (including phenoxy) is 4. The van der Waals surface area contributed by atoms with E-state index in [2.05, 4.69) is 0 Å². The molecule has 9 atom stereocenters. The Morgan fingerprint density at radius 2 is 2.00 bits per heavy atom. The van der Waals surface area contributed by atoms with E-state index in [9.17, 15) is 14.7 Å². The molecule has 2 saturated carbocycles. The van der Waals surface area contributed by atoms with Gasteiger partial charge in [-0.25, -0.2) is 4.79 Å². The maximum Gasteiger partial charge on any atom is 0.333 e. The third-order valence-corrected chi connectivity index (χ3v) is 7.77. The highest BCUT2D eigenvalue weighted by Gasteiger charge is 3.00. The van der Waals surface area contributed by atoms with Gasteiger partial charge in [0.25, 0.3) is 0 Å². The van der Waals surface area contributed by atoms with Crippen LogP contribution < -0.4 is 0 Å². The predicted octanol–water partition coefficient (Wildman–Crippen LogP) is 1.27. The summed E-state index contributed by atoms with van der Waals surface area (Å²) in [6.45, 7) is 8.95. The molecule has 1 N–H and O–H groups in total. The van der Waals surface area contributed by atoms with Crippen LogP contribution in [0.4, 0.5) is 0 Å². The van der Waals surface area contributed by atoms with Crippen molar-refractivity contribution in [2.75, 3.05) is 0 Å². The Kier molecular flexibility index (Phi) is 3.11. The highest BCUT2D eigenvalue weighted by molar-refractivity contribution is 5.88. The van der Waals surface area contributed by atoms with E-state index in [1.165, 1.54) is 0 Å². The molecule has 3 aliphatic heterocycles. The molecule has 0 aromatic rings. The fourth-order valence-electron chi connectivity index (χ4n) is 6.24. The summed E-state index contributed by atoms with van der Waals surface area (Å²) in [4.78, 5) is 24.9. The number of fused-ring (bicyclic) bond motifs is 1. The zero-order valence-corrected chi connectivity index (χ0v) is 16.3. The molecule has 0 radical (unpaired) electrons. The first kappa shape index (κ1) is 17.6. The van der Waals surface area contributed by atoms with Crippen molar-refractivity contribution >= 4 is 11.9 Å². The van der Waals surface area contributed by atoms with Crippen LogP contribution in [0.3, 0.4) is 0 Å². The van der Waals surface area contributed by atoms with Gasteiger partial charge >= 0.3 is 11.9 Å². The highest BCUT2D eigenvalue weighted by Crippen LogP contribution is 2.80. The topological polar surface area (TPSA) is 97.9 Å². The normalized spacial score (nSPS) is 57.6. The summed E-state index contributed by atoms with van der Waals surface area (Å²) in [5.41, 5.74) is -3.07. The smallest absolute Gasteiger partial charge is 0.333 e. The summed E-state index contributed by atoms with van der Waals surface area (Å²) in [5.74, 6) is -1.60. The summed E-state index contributed by atoms with van der Waals surface area (Å²) in [6.07, 6.45) is 1.13. The van der Waals surface area contributed by atoms with Crippen molar-refractivity contribution < 1.29 is 33.6 Å². The van der Waals surface area contributed by atoms with Gasteiger partial charge in [0.1, 0.15) is 23.4 Å². The van der Waals surface area contributed by atoms with Crippen LogP contribution in [0.2, 0.25) is 0 Å². The molecule has 0 aromatic heterocycles. The van der Waals surface area contributed by atoms with Gasteiger partial charge in [-0.3, -0.25) is 4.79 Å². The van der Waals surface area contributed by atoms with Gasteiger partial charge in [-0.2, -0.15) is 0 Å². The molecule has 0 bridgehead atoms. The van der Waals surface area contributed by atoms with Crippen molar-refractivity contribution in [1.82, 2.24) is 0 Å². The van der Waals surface area contributed by atoms with Crippen LogP contribution >= 0.6 is 0 Å². The van der Waals surface area contributed by atoms with Gasteiger partial charge in [-0.15, -0.1) is 0 Å². The predicted molar refractivity (Wildman–Crippen MR) is 91.5 cm³/mol. The second-order valence-corrected chi connectivity index (χ2v) is 9.23. The summed E-state index contributed by atoms with van der Waals surface area (Å²) in [6, 6.07) is 0. The zero-order chi connectivity index (χ0) is 19.6. The van der Waals surface area contributed by atoms with Crippen molar-refractivity contribution in [3.63, 3.8) is 0 Å². The van der Waals surface area contributed by atoms with E-state index in [1.54, 1.807) is 33.8 Å². The molecular formula is C20H26O7. The average Bonchev–Trinajstić information content (AvgIpc) is 3.42. The Hall–Kier alpha value is -1.44. The molecule has 0 amide bonds. The Morgan fingerprint density at radius 3 is 2.67 bits per heavy atom. The number of hydrogen-bond donors (Lipinski definition) is 1. The third-order valence-electron chi connectivity index (χ3n) is 7.77. The van der Waals surface area contributed by atoms with E-state index < -0.39 is 46.5 Å². The van der Waals surface area contributed by atoms with Crippen LogP contribution in [-0.4, -0.2) is 57.8 Å². The van der Waals surface area contributed by atoms with Gasteiger partial charge in [-0.05, 0) is 27.7 Å². The monoisotopic (exact) mass is 378 g/mol. The van der Waals surface area contributed by atoms with Gasteiger partial charge in [0.15, 0.2) is 11.2 Å². The number of carbonyl (C=O) groups excluding carboxylic acids is 2. The summed E-state index contributed by atoms with van der Waals surface area (Å²) >= 11 is 0.